The number of pyridine rings is 1. The lowest BCUT2D eigenvalue weighted by Crippen LogP contribution is -2.54. The van der Waals surface area contributed by atoms with Gasteiger partial charge in [0.2, 0.25) is 5.43 Å². The van der Waals surface area contributed by atoms with Gasteiger partial charge in [-0.3, -0.25) is 14.3 Å². The SMILES string of the molecule is C[C@@H](N1CNn2ccc(=O)c(O)c2C1=O)C(F)(F)F.Fc1ccc2c(c1)Cc1cccc(Cl)c1SC2. The molecule has 190 valence electrons. The fourth-order valence-corrected chi connectivity index (χ4v) is 5.29. The summed E-state index contributed by atoms with van der Waals surface area (Å²) in [7, 11) is 0. The molecule has 3 heterocycles. The van der Waals surface area contributed by atoms with Crippen molar-refractivity contribution in [2.24, 2.45) is 0 Å². The number of nitrogens with zero attached hydrogens (tertiary/aromatic N) is 2. The van der Waals surface area contributed by atoms with E-state index in [0.717, 1.165) is 45.3 Å². The molecule has 0 bridgehead atoms. The number of fused-ring (bicyclic) bond motifs is 3. The molecular weight excluding hydrogens is 522 g/mol. The average Bonchev–Trinajstić information content (AvgIpc) is 3.00. The highest BCUT2D eigenvalue weighted by atomic mass is 35.5. The van der Waals surface area contributed by atoms with Crippen LogP contribution in [0.2, 0.25) is 5.02 Å². The molecule has 0 aliphatic carbocycles. The molecule has 1 amide bonds. The maximum Gasteiger partial charge on any atom is 0.408 e. The van der Waals surface area contributed by atoms with Gasteiger partial charge in [0.25, 0.3) is 5.91 Å². The van der Waals surface area contributed by atoms with Crippen molar-refractivity contribution in [3.8, 4) is 5.75 Å². The third kappa shape index (κ3) is 5.17. The van der Waals surface area contributed by atoms with Gasteiger partial charge in [-0.1, -0.05) is 29.8 Å². The smallest absolute Gasteiger partial charge is 0.408 e. The van der Waals surface area contributed by atoms with Gasteiger partial charge in [0, 0.05) is 22.9 Å². The highest BCUT2D eigenvalue weighted by Gasteiger charge is 2.44. The Bertz CT molecular complexity index is 1380. The molecule has 0 saturated carbocycles. The summed E-state index contributed by atoms with van der Waals surface area (Å²) < 4.78 is 52.1. The van der Waals surface area contributed by atoms with Crippen molar-refractivity contribution < 1.29 is 27.5 Å². The predicted octanol–water partition coefficient (Wildman–Crippen LogP) is 5.14. The van der Waals surface area contributed by atoms with E-state index in [-0.39, 0.29) is 12.5 Å². The minimum atomic E-state index is -4.59. The van der Waals surface area contributed by atoms with E-state index in [1.165, 1.54) is 23.4 Å². The van der Waals surface area contributed by atoms with Crippen molar-refractivity contribution in [2.45, 2.75) is 36.2 Å². The highest BCUT2D eigenvalue weighted by molar-refractivity contribution is 7.98. The largest absolute Gasteiger partial charge is 0.502 e. The topological polar surface area (TPSA) is 74.6 Å². The molecule has 0 saturated heterocycles. The van der Waals surface area contributed by atoms with Gasteiger partial charge in [-0.05, 0) is 48.2 Å². The Kier molecular flexibility index (Phi) is 7.24. The van der Waals surface area contributed by atoms with Crippen LogP contribution in [0, 0.1) is 5.82 Å². The lowest BCUT2D eigenvalue weighted by Gasteiger charge is -2.35. The van der Waals surface area contributed by atoms with Gasteiger partial charge >= 0.3 is 6.18 Å². The second kappa shape index (κ2) is 10.1. The van der Waals surface area contributed by atoms with E-state index in [1.54, 1.807) is 17.8 Å². The van der Waals surface area contributed by atoms with Crippen LogP contribution >= 0.6 is 23.4 Å². The third-order valence-electron chi connectivity index (χ3n) is 5.86. The zero-order valence-corrected chi connectivity index (χ0v) is 20.3. The van der Waals surface area contributed by atoms with Crippen LogP contribution < -0.4 is 10.9 Å². The van der Waals surface area contributed by atoms with Crippen LogP contribution in [-0.4, -0.2) is 39.5 Å². The van der Waals surface area contributed by atoms with Crippen LogP contribution in [0.15, 0.2) is 58.4 Å². The van der Waals surface area contributed by atoms with E-state index in [9.17, 15) is 32.3 Å². The molecule has 12 heteroatoms. The first-order valence-electron chi connectivity index (χ1n) is 10.7. The molecule has 2 aliphatic rings. The van der Waals surface area contributed by atoms with Crippen molar-refractivity contribution in [1.29, 1.82) is 0 Å². The second-order valence-electron chi connectivity index (χ2n) is 8.16. The number of aromatic nitrogens is 1. The molecule has 2 aromatic carbocycles. The number of halogens is 5. The summed E-state index contributed by atoms with van der Waals surface area (Å²) in [5.74, 6) is -1.25. The summed E-state index contributed by atoms with van der Waals surface area (Å²) in [5, 5.41) is 10.3. The van der Waals surface area contributed by atoms with Crippen LogP contribution in [0.1, 0.15) is 34.1 Å². The van der Waals surface area contributed by atoms with Crippen molar-refractivity contribution in [3.63, 3.8) is 0 Å². The Morgan fingerprint density at radius 3 is 2.58 bits per heavy atom. The summed E-state index contributed by atoms with van der Waals surface area (Å²) in [6.07, 6.45) is -2.66. The number of nitrogens with one attached hydrogen (secondary N) is 1. The van der Waals surface area contributed by atoms with Crippen molar-refractivity contribution in [3.05, 3.63) is 92.1 Å². The van der Waals surface area contributed by atoms with Gasteiger partial charge in [-0.2, -0.15) is 13.2 Å². The Labute approximate surface area is 212 Å². The number of thioether (sulfide) groups is 1. The van der Waals surface area contributed by atoms with Crippen LogP contribution in [-0.2, 0) is 12.2 Å². The summed E-state index contributed by atoms with van der Waals surface area (Å²) in [4.78, 5) is 24.8. The Balaban J connectivity index is 0.000000170. The molecular formula is C24H20ClF4N3O3S. The molecule has 0 fully saturated rings. The van der Waals surface area contributed by atoms with Crippen LogP contribution in [0.5, 0.6) is 5.75 Å². The minimum absolute atomic E-state index is 0.167. The van der Waals surface area contributed by atoms with E-state index in [1.807, 2.05) is 18.2 Å². The number of amides is 1. The lowest BCUT2D eigenvalue weighted by molar-refractivity contribution is -0.172. The van der Waals surface area contributed by atoms with Gasteiger partial charge in [0.1, 0.15) is 18.5 Å². The third-order valence-corrected chi connectivity index (χ3v) is 7.51. The molecule has 2 aliphatic heterocycles. The summed E-state index contributed by atoms with van der Waals surface area (Å²) >= 11 is 7.92. The standard InChI is InChI=1S/C14H10ClFS.C10H10F3N3O3/c15-13-3-1-2-9-6-11-7-12(16)5-4-10(11)8-17-14(9)13;1-5(10(11,12)13)15-4-14-16-3-2-6(17)8(18)7(16)9(15)19/h1-5,7H,6,8H2;2-3,5,14,18H,4H2,1H3/t;5-/m.1/s1. The minimum Gasteiger partial charge on any atom is -0.502 e. The quantitative estimate of drug-likeness (QED) is 0.418. The van der Waals surface area contributed by atoms with E-state index in [2.05, 4.69) is 11.5 Å². The number of benzene rings is 2. The maximum atomic E-state index is 13.2. The Hall–Kier alpha value is -3.18. The first-order valence-corrected chi connectivity index (χ1v) is 12.1. The fraction of sp³-hybridized carbons (Fsp3) is 0.250. The number of alkyl halides is 3. The normalized spacial score (nSPS) is 15.4. The second-order valence-corrected chi connectivity index (χ2v) is 9.56. The zero-order valence-electron chi connectivity index (χ0n) is 18.8. The molecule has 6 nitrogen and oxygen atoms in total. The van der Waals surface area contributed by atoms with Crippen LogP contribution in [0.4, 0.5) is 17.6 Å². The molecule has 3 aromatic rings. The van der Waals surface area contributed by atoms with Crippen molar-refractivity contribution in [2.75, 3.05) is 12.1 Å². The number of hydrogen-bond acceptors (Lipinski definition) is 5. The van der Waals surface area contributed by atoms with Gasteiger partial charge in [-0.15, -0.1) is 11.8 Å². The van der Waals surface area contributed by atoms with E-state index >= 15 is 0 Å². The summed E-state index contributed by atoms with van der Waals surface area (Å²) in [5.41, 5.74) is 4.60. The maximum absolute atomic E-state index is 13.2. The van der Waals surface area contributed by atoms with E-state index < -0.39 is 35.0 Å². The molecule has 0 spiro atoms. The Morgan fingerprint density at radius 2 is 1.86 bits per heavy atom. The van der Waals surface area contributed by atoms with Gasteiger partial charge < -0.3 is 15.4 Å². The first-order chi connectivity index (χ1) is 17.0. The number of aromatic hydroxyl groups is 1. The fourth-order valence-electron chi connectivity index (χ4n) is 3.82. The van der Waals surface area contributed by atoms with Gasteiger partial charge in [0.05, 0.1) is 5.02 Å². The Morgan fingerprint density at radius 1 is 1.11 bits per heavy atom. The van der Waals surface area contributed by atoms with Crippen molar-refractivity contribution >= 4 is 29.3 Å². The lowest BCUT2D eigenvalue weighted by atomic mass is 10.0. The molecule has 1 aromatic heterocycles. The monoisotopic (exact) mass is 541 g/mol. The molecule has 1 atom stereocenters. The average molecular weight is 542 g/mol. The first kappa shape index (κ1) is 25.9. The number of carbonyl (C=O) groups excluding carboxylic acids is 1. The van der Waals surface area contributed by atoms with Crippen LogP contribution in [0.3, 0.4) is 0 Å². The molecule has 36 heavy (non-hydrogen) atoms. The highest BCUT2D eigenvalue weighted by Crippen LogP contribution is 2.38. The van der Waals surface area contributed by atoms with Gasteiger partial charge in [-0.25, -0.2) is 4.39 Å². The van der Waals surface area contributed by atoms with E-state index in [4.69, 9.17) is 11.6 Å². The molecule has 0 radical (unpaired) electrons. The number of rotatable bonds is 1. The van der Waals surface area contributed by atoms with Crippen LogP contribution in [0.25, 0.3) is 0 Å². The van der Waals surface area contributed by atoms with Crippen molar-refractivity contribution in [1.82, 2.24) is 9.58 Å². The predicted molar refractivity (Wildman–Crippen MR) is 128 cm³/mol. The molecule has 0 unspecified atom stereocenters. The zero-order chi connectivity index (χ0) is 26.2. The summed E-state index contributed by atoms with van der Waals surface area (Å²) in [6, 6.07) is 9.92. The molecule has 5 rings (SSSR count). The molecule has 2 N–H and O–H groups in total. The van der Waals surface area contributed by atoms with Gasteiger partial charge in [0.15, 0.2) is 11.4 Å². The van der Waals surface area contributed by atoms with E-state index in [0.29, 0.717) is 4.90 Å². The number of carbonyl (C=O) groups is 1. The summed E-state index contributed by atoms with van der Waals surface area (Å²) in [6.45, 7) is 0.447. The number of hydrogen-bond donors (Lipinski definition) is 2.